The first-order valence-electron chi connectivity index (χ1n) is 30.7. The molecule has 0 heterocycles. The normalized spacial score (nSPS) is 12.1. The third-order valence-corrected chi connectivity index (χ3v) is 14.3. The summed E-state index contributed by atoms with van der Waals surface area (Å²) in [4.78, 5) is 24.5. The molecule has 5 heteroatoms. The van der Waals surface area contributed by atoms with Crippen LogP contribution in [0.15, 0.2) is 12.2 Å². The number of unbranched alkanes of at least 4 members (excludes halogenated alkanes) is 48. The van der Waals surface area contributed by atoms with Gasteiger partial charge in [0.05, 0.1) is 6.61 Å². The molecule has 0 fully saturated rings. The van der Waals surface area contributed by atoms with Crippen LogP contribution in [0.5, 0.6) is 0 Å². The van der Waals surface area contributed by atoms with Gasteiger partial charge in [-0.25, -0.2) is 0 Å². The minimum Gasteiger partial charge on any atom is -0.462 e. The van der Waals surface area contributed by atoms with Crippen LogP contribution >= 0.6 is 0 Å². The summed E-state index contributed by atoms with van der Waals surface area (Å²) < 4.78 is 10.7. The molecule has 0 aliphatic heterocycles. The highest BCUT2D eigenvalue weighted by Gasteiger charge is 2.16. The minimum absolute atomic E-state index is 0.0604. The average Bonchev–Trinajstić information content (AvgIpc) is 3.33. The number of aliphatic hydroxyl groups excluding tert-OH is 1. The van der Waals surface area contributed by atoms with Gasteiger partial charge in [-0.15, -0.1) is 0 Å². The van der Waals surface area contributed by atoms with Gasteiger partial charge in [-0.3, -0.25) is 9.59 Å². The molecule has 0 amide bonds. The van der Waals surface area contributed by atoms with Crippen LogP contribution in [0.2, 0.25) is 0 Å². The summed E-state index contributed by atoms with van der Waals surface area (Å²) in [6, 6.07) is 0. The monoisotopic (exact) mass is 945 g/mol. The number of esters is 2. The molecule has 1 atom stereocenters. The van der Waals surface area contributed by atoms with Crippen molar-refractivity contribution in [2.24, 2.45) is 0 Å². The Morgan fingerprint density at radius 1 is 0.328 bits per heavy atom. The molecule has 0 aliphatic carbocycles. The molecule has 0 aromatic rings. The van der Waals surface area contributed by atoms with E-state index in [1.165, 1.54) is 295 Å². The molecule has 67 heavy (non-hydrogen) atoms. The molecule has 0 aliphatic rings. The number of hydrogen-bond acceptors (Lipinski definition) is 5. The predicted molar refractivity (Wildman–Crippen MR) is 293 cm³/mol. The fraction of sp³-hybridized carbons (Fsp3) is 0.935. The SMILES string of the molecule is CCCCCCCCC/C=C\CCCCCCCCCC(=O)OC(CO)COC(=O)CCCCCCCCCCCCCCCCCCCCCCCCCCCCCCCCCCCCC. The van der Waals surface area contributed by atoms with Crippen LogP contribution in [0.1, 0.15) is 354 Å². The highest BCUT2D eigenvalue weighted by Crippen LogP contribution is 2.18. The standard InChI is InChI=1S/C62H120O5/c1-3-5-7-9-11-13-15-17-19-21-23-24-25-26-27-28-29-30-31-32-33-34-35-36-37-38-39-41-42-44-46-48-50-52-54-56-61(64)66-59-60(58-63)67-62(65)57-55-53-51-49-47-45-43-40-22-20-18-16-14-12-10-8-6-4-2/h20,22,60,63H,3-19,21,23-59H2,1-2H3/b22-20-. The van der Waals surface area contributed by atoms with E-state index in [-0.39, 0.29) is 25.2 Å². The summed E-state index contributed by atoms with van der Waals surface area (Å²) in [7, 11) is 0. The van der Waals surface area contributed by atoms with Gasteiger partial charge in [0.25, 0.3) is 0 Å². The maximum Gasteiger partial charge on any atom is 0.306 e. The van der Waals surface area contributed by atoms with Gasteiger partial charge < -0.3 is 14.6 Å². The van der Waals surface area contributed by atoms with Crippen molar-refractivity contribution in [1.82, 2.24) is 0 Å². The Morgan fingerprint density at radius 2 is 0.552 bits per heavy atom. The molecule has 0 bridgehead atoms. The maximum atomic E-state index is 12.3. The minimum atomic E-state index is -0.769. The number of rotatable bonds is 58. The summed E-state index contributed by atoms with van der Waals surface area (Å²) in [5.41, 5.74) is 0. The van der Waals surface area contributed by atoms with Crippen molar-refractivity contribution in [3.8, 4) is 0 Å². The fourth-order valence-electron chi connectivity index (χ4n) is 9.67. The van der Waals surface area contributed by atoms with Crippen LogP contribution in [-0.4, -0.2) is 36.4 Å². The van der Waals surface area contributed by atoms with E-state index in [1.807, 2.05) is 0 Å². The number of carbonyl (C=O) groups is 2. The van der Waals surface area contributed by atoms with E-state index in [1.54, 1.807) is 0 Å². The Labute approximate surface area is 420 Å². The third kappa shape index (κ3) is 57.1. The zero-order valence-electron chi connectivity index (χ0n) is 45.7. The number of aliphatic hydroxyl groups is 1. The van der Waals surface area contributed by atoms with Gasteiger partial charge in [0.15, 0.2) is 6.10 Å². The molecule has 5 nitrogen and oxygen atoms in total. The van der Waals surface area contributed by atoms with Gasteiger partial charge >= 0.3 is 11.9 Å². The lowest BCUT2D eigenvalue weighted by molar-refractivity contribution is -0.161. The number of hydrogen-bond donors (Lipinski definition) is 1. The molecule has 0 saturated heterocycles. The van der Waals surface area contributed by atoms with Crippen molar-refractivity contribution < 1.29 is 24.2 Å². The Balaban J connectivity index is 3.36. The highest BCUT2D eigenvalue weighted by molar-refractivity contribution is 5.70. The quantitative estimate of drug-likeness (QED) is 0.0374. The fourth-order valence-corrected chi connectivity index (χ4v) is 9.67. The second-order valence-corrected chi connectivity index (χ2v) is 21.1. The summed E-state index contributed by atoms with van der Waals surface area (Å²) in [6.45, 7) is 4.19. The van der Waals surface area contributed by atoms with E-state index in [4.69, 9.17) is 9.47 Å². The van der Waals surface area contributed by atoms with E-state index in [0.717, 1.165) is 32.1 Å². The largest absolute Gasteiger partial charge is 0.462 e. The molecule has 1 unspecified atom stereocenters. The molecule has 398 valence electrons. The van der Waals surface area contributed by atoms with Crippen molar-refractivity contribution in [1.29, 1.82) is 0 Å². The number of allylic oxidation sites excluding steroid dienone is 2. The first-order chi connectivity index (χ1) is 33.1. The zero-order chi connectivity index (χ0) is 48.5. The molecule has 0 spiro atoms. The first kappa shape index (κ1) is 65.6. The van der Waals surface area contributed by atoms with Gasteiger partial charge in [-0.1, -0.05) is 315 Å². The van der Waals surface area contributed by atoms with Crippen molar-refractivity contribution in [2.75, 3.05) is 13.2 Å². The molecule has 0 aromatic carbocycles. The summed E-state index contributed by atoms with van der Waals surface area (Å²) in [5, 5.41) is 9.65. The summed E-state index contributed by atoms with van der Waals surface area (Å²) in [5.74, 6) is -0.574. The van der Waals surface area contributed by atoms with Crippen molar-refractivity contribution >= 4 is 11.9 Å². The Kier molecular flexibility index (Phi) is 57.8. The van der Waals surface area contributed by atoms with Crippen molar-refractivity contribution in [3.63, 3.8) is 0 Å². The molecular weight excluding hydrogens is 825 g/mol. The molecule has 0 rings (SSSR count). The lowest BCUT2D eigenvalue weighted by Gasteiger charge is -2.15. The van der Waals surface area contributed by atoms with Crippen LogP contribution in [0.25, 0.3) is 0 Å². The highest BCUT2D eigenvalue weighted by atomic mass is 16.6. The molecule has 0 saturated carbocycles. The average molecular weight is 946 g/mol. The third-order valence-electron chi connectivity index (χ3n) is 14.3. The molecular formula is C62H120O5. The Morgan fingerprint density at radius 3 is 0.806 bits per heavy atom. The van der Waals surface area contributed by atoms with Crippen LogP contribution in [0, 0.1) is 0 Å². The van der Waals surface area contributed by atoms with Gasteiger partial charge in [-0.2, -0.15) is 0 Å². The van der Waals surface area contributed by atoms with Crippen molar-refractivity contribution in [3.05, 3.63) is 12.2 Å². The van der Waals surface area contributed by atoms with Gasteiger partial charge in [0.2, 0.25) is 0 Å². The van der Waals surface area contributed by atoms with E-state index < -0.39 is 6.10 Å². The summed E-state index contributed by atoms with van der Waals surface area (Å²) in [6.07, 6.45) is 73.7. The van der Waals surface area contributed by atoms with Crippen LogP contribution in [0.3, 0.4) is 0 Å². The number of carbonyl (C=O) groups excluding carboxylic acids is 2. The smallest absolute Gasteiger partial charge is 0.306 e. The molecule has 1 N–H and O–H groups in total. The Bertz CT molecular complexity index is 979. The van der Waals surface area contributed by atoms with Crippen LogP contribution in [-0.2, 0) is 19.1 Å². The topological polar surface area (TPSA) is 72.8 Å². The van der Waals surface area contributed by atoms with Gasteiger partial charge in [-0.05, 0) is 38.5 Å². The van der Waals surface area contributed by atoms with Gasteiger partial charge in [0.1, 0.15) is 6.61 Å². The maximum absolute atomic E-state index is 12.3. The Hall–Kier alpha value is -1.36. The second kappa shape index (κ2) is 59.0. The lowest BCUT2D eigenvalue weighted by Crippen LogP contribution is -2.28. The first-order valence-corrected chi connectivity index (χ1v) is 30.7. The summed E-state index contributed by atoms with van der Waals surface area (Å²) >= 11 is 0. The van der Waals surface area contributed by atoms with E-state index in [2.05, 4.69) is 26.0 Å². The van der Waals surface area contributed by atoms with Gasteiger partial charge in [0, 0.05) is 12.8 Å². The van der Waals surface area contributed by atoms with E-state index in [9.17, 15) is 14.7 Å². The van der Waals surface area contributed by atoms with Crippen LogP contribution in [0.4, 0.5) is 0 Å². The molecule has 0 radical (unpaired) electrons. The van der Waals surface area contributed by atoms with Crippen molar-refractivity contribution in [2.45, 2.75) is 360 Å². The zero-order valence-corrected chi connectivity index (χ0v) is 45.7. The van der Waals surface area contributed by atoms with Crippen LogP contribution < -0.4 is 0 Å². The lowest BCUT2D eigenvalue weighted by atomic mass is 10.0. The number of ether oxygens (including phenoxy) is 2. The predicted octanol–water partition coefficient (Wildman–Crippen LogP) is 20.7. The molecule has 0 aromatic heterocycles. The second-order valence-electron chi connectivity index (χ2n) is 21.1. The van der Waals surface area contributed by atoms with E-state index in [0.29, 0.717) is 12.8 Å². The van der Waals surface area contributed by atoms with E-state index >= 15 is 0 Å².